The smallest absolute Gasteiger partial charge is 0.173 e. The van der Waals surface area contributed by atoms with Crippen LogP contribution in [0.15, 0.2) is 53.4 Å². The van der Waals surface area contributed by atoms with Crippen molar-refractivity contribution in [3.8, 4) is 0 Å². The lowest BCUT2D eigenvalue weighted by atomic mass is 9.49. The summed E-state index contributed by atoms with van der Waals surface area (Å²) in [4.78, 5) is 0.774. The van der Waals surface area contributed by atoms with E-state index in [0.717, 1.165) is 10.5 Å². The minimum atomic E-state index is -1.13. The van der Waals surface area contributed by atoms with Gasteiger partial charge in [0.05, 0.1) is 16.6 Å². The first-order valence-corrected chi connectivity index (χ1v) is 7.61. The summed E-state index contributed by atoms with van der Waals surface area (Å²) in [6, 6.07) is 14.4. The summed E-state index contributed by atoms with van der Waals surface area (Å²) >= 11 is 0. The lowest BCUT2D eigenvalue weighted by Gasteiger charge is -2.07. The molecule has 1 unspecified atom stereocenters. The van der Waals surface area contributed by atoms with Gasteiger partial charge in [-0.2, -0.15) is 0 Å². The third-order valence-corrected chi connectivity index (χ3v) is 4.38. The molecular formula is C15H16BFOS. The first-order valence-electron chi connectivity index (χ1n) is 6.29. The molecule has 2 aromatic carbocycles. The van der Waals surface area contributed by atoms with Crippen molar-refractivity contribution < 1.29 is 8.60 Å². The van der Waals surface area contributed by atoms with Crippen molar-refractivity contribution in [1.29, 1.82) is 0 Å². The molecule has 4 heteroatoms. The maximum absolute atomic E-state index is 13.9. The van der Waals surface area contributed by atoms with E-state index < -0.39 is 10.8 Å². The van der Waals surface area contributed by atoms with Crippen LogP contribution in [0.1, 0.15) is 5.56 Å². The molecule has 0 radical (unpaired) electrons. The zero-order chi connectivity index (χ0) is 13.8. The molecule has 0 heterocycles. The Balaban J connectivity index is 2.16. The van der Waals surface area contributed by atoms with Crippen molar-refractivity contribution in [1.82, 2.24) is 0 Å². The maximum atomic E-state index is 13.9. The second kappa shape index (κ2) is 6.15. The molecule has 98 valence electrons. The van der Waals surface area contributed by atoms with Crippen molar-refractivity contribution in [2.75, 3.05) is 0 Å². The van der Waals surface area contributed by atoms with E-state index in [9.17, 15) is 8.60 Å². The summed E-state index contributed by atoms with van der Waals surface area (Å²) in [6.45, 7) is 4.08. The molecule has 1 atom stereocenters. The SMILES string of the molecule is CB(C)c1ccc(CS(=O)c2ccccc2)cc1F. The number of hydrogen-bond acceptors (Lipinski definition) is 1. The van der Waals surface area contributed by atoms with E-state index in [2.05, 4.69) is 0 Å². The van der Waals surface area contributed by atoms with Gasteiger partial charge in [-0.05, 0) is 29.2 Å². The molecule has 19 heavy (non-hydrogen) atoms. The van der Waals surface area contributed by atoms with Crippen molar-refractivity contribution in [2.24, 2.45) is 0 Å². The second-order valence-corrected chi connectivity index (χ2v) is 6.26. The van der Waals surface area contributed by atoms with Crippen LogP contribution in [0.4, 0.5) is 4.39 Å². The Morgan fingerprint density at radius 1 is 1.11 bits per heavy atom. The quantitative estimate of drug-likeness (QED) is 0.783. The van der Waals surface area contributed by atoms with Gasteiger partial charge in [0.15, 0.2) is 6.71 Å². The van der Waals surface area contributed by atoms with Crippen molar-refractivity contribution in [3.05, 3.63) is 59.9 Å². The monoisotopic (exact) mass is 274 g/mol. The molecule has 2 rings (SSSR count). The summed E-state index contributed by atoms with van der Waals surface area (Å²) in [7, 11) is -1.13. The number of hydrogen-bond donors (Lipinski definition) is 0. The fourth-order valence-corrected chi connectivity index (χ4v) is 3.05. The fourth-order valence-electron chi connectivity index (χ4n) is 1.94. The largest absolute Gasteiger partial charge is 0.254 e. The van der Waals surface area contributed by atoms with Gasteiger partial charge in [-0.15, -0.1) is 0 Å². The van der Waals surface area contributed by atoms with Gasteiger partial charge >= 0.3 is 0 Å². The highest BCUT2D eigenvalue weighted by molar-refractivity contribution is 7.84. The summed E-state index contributed by atoms with van der Waals surface area (Å²) in [6.07, 6.45) is 0. The van der Waals surface area contributed by atoms with Crippen LogP contribution < -0.4 is 5.46 Å². The number of rotatable bonds is 4. The minimum Gasteiger partial charge on any atom is -0.254 e. The zero-order valence-corrected chi connectivity index (χ0v) is 11.9. The number of halogens is 1. The molecule has 0 saturated heterocycles. The minimum absolute atomic E-state index is 0.161. The Morgan fingerprint density at radius 3 is 2.37 bits per heavy atom. The Labute approximate surface area is 116 Å². The van der Waals surface area contributed by atoms with Gasteiger partial charge in [0.25, 0.3) is 0 Å². The first-order chi connectivity index (χ1) is 9.08. The third-order valence-electron chi connectivity index (χ3n) is 2.99. The van der Waals surface area contributed by atoms with Crippen LogP contribution in [0.5, 0.6) is 0 Å². The van der Waals surface area contributed by atoms with E-state index >= 15 is 0 Å². The Morgan fingerprint density at radius 2 is 1.79 bits per heavy atom. The van der Waals surface area contributed by atoms with Crippen LogP contribution in [-0.2, 0) is 16.6 Å². The van der Waals surface area contributed by atoms with E-state index in [-0.39, 0.29) is 12.5 Å². The van der Waals surface area contributed by atoms with Crippen molar-refractivity contribution in [3.63, 3.8) is 0 Å². The van der Waals surface area contributed by atoms with Gasteiger partial charge < -0.3 is 0 Å². The highest BCUT2D eigenvalue weighted by Gasteiger charge is 2.11. The van der Waals surface area contributed by atoms with E-state index in [1.54, 1.807) is 6.07 Å². The molecule has 0 fully saturated rings. The normalized spacial score (nSPS) is 12.2. The summed E-state index contributed by atoms with van der Waals surface area (Å²) in [5, 5.41) is 0. The summed E-state index contributed by atoms with van der Waals surface area (Å²) < 4.78 is 26.0. The molecule has 0 aliphatic rings. The van der Waals surface area contributed by atoms with Crippen LogP contribution in [0.2, 0.25) is 13.6 Å². The second-order valence-electron chi connectivity index (χ2n) is 4.81. The molecule has 2 aromatic rings. The van der Waals surface area contributed by atoms with E-state index in [1.165, 1.54) is 6.07 Å². The summed E-state index contributed by atoms with van der Waals surface area (Å²) in [5.41, 5.74) is 1.47. The molecule has 1 nitrogen and oxygen atoms in total. The van der Waals surface area contributed by atoms with Gasteiger partial charge in [-0.3, -0.25) is 4.21 Å². The molecule has 0 aliphatic heterocycles. The zero-order valence-electron chi connectivity index (χ0n) is 11.1. The van der Waals surface area contributed by atoms with Gasteiger partial charge in [-0.1, -0.05) is 44.0 Å². The Kier molecular flexibility index (Phi) is 4.54. The fraction of sp³-hybridized carbons (Fsp3) is 0.200. The van der Waals surface area contributed by atoms with E-state index in [4.69, 9.17) is 0 Å². The highest BCUT2D eigenvalue weighted by Crippen LogP contribution is 2.12. The molecule has 0 bridgehead atoms. The van der Waals surface area contributed by atoms with Crippen LogP contribution >= 0.6 is 0 Å². The van der Waals surface area contributed by atoms with Crippen LogP contribution in [0, 0.1) is 5.82 Å². The molecular weight excluding hydrogens is 258 g/mol. The molecule has 0 aromatic heterocycles. The highest BCUT2D eigenvalue weighted by atomic mass is 32.2. The lowest BCUT2D eigenvalue weighted by molar-refractivity contribution is 0.634. The Bertz CT molecular complexity index is 584. The average molecular weight is 274 g/mol. The number of benzene rings is 2. The van der Waals surface area contributed by atoms with E-state index in [0.29, 0.717) is 11.2 Å². The van der Waals surface area contributed by atoms with Crippen molar-refractivity contribution in [2.45, 2.75) is 24.3 Å². The first kappa shape index (κ1) is 14.0. The molecule has 0 spiro atoms. The van der Waals surface area contributed by atoms with Gasteiger partial charge in [0.1, 0.15) is 5.82 Å². The summed E-state index contributed by atoms with van der Waals surface area (Å²) in [5.74, 6) is 0.136. The molecule has 0 saturated carbocycles. The lowest BCUT2D eigenvalue weighted by Crippen LogP contribution is -2.26. The van der Waals surface area contributed by atoms with Crippen LogP contribution in [0.3, 0.4) is 0 Å². The standard InChI is InChI=1S/C15H16BFOS/c1-16(2)14-9-8-12(10-15(14)17)11-19(18)13-6-4-3-5-7-13/h3-10H,11H2,1-2H3. The maximum Gasteiger partial charge on any atom is 0.173 e. The van der Waals surface area contributed by atoms with Gasteiger partial charge in [0.2, 0.25) is 0 Å². The molecule has 0 N–H and O–H groups in total. The third kappa shape index (κ3) is 3.54. The van der Waals surface area contributed by atoms with E-state index in [1.807, 2.05) is 50.0 Å². The van der Waals surface area contributed by atoms with Crippen molar-refractivity contribution >= 4 is 23.0 Å². The predicted molar refractivity (Wildman–Crippen MR) is 80.1 cm³/mol. The average Bonchev–Trinajstić information content (AvgIpc) is 2.39. The van der Waals surface area contributed by atoms with Gasteiger partial charge in [-0.25, -0.2) is 4.39 Å². The van der Waals surface area contributed by atoms with Gasteiger partial charge in [0, 0.05) is 4.90 Å². The molecule has 0 amide bonds. The van der Waals surface area contributed by atoms with Crippen LogP contribution in [0.25, 0.3) is 0 Å². The Hall–Kier alpha value is -1.42. The molecule has 0 aliphatic carbocycles. The topological polar surface area (TPSA) is 17.1 Å². The predicted octanol–water partition coefficient (Wildman–Crippen LogP) is 3.09. The van der Waals surface area contributed by atoms with Crippen LogP contribution in [-0.4, -0.2) is 10.9 Å².